The van der Waals surface area contributed by atoms with E-state index in [0.717, 1.165) is 22.6 Å². The molecule has 136 valence electrons. The van der Waals surface area contributed by atoms with E-state index in [1.807, 2.05) is 80.0 Å². The van der Waals surface area contributed by atoms with Gasteiger partial charge in [-0.2, -0.15) is 5.10 Å². The molecule has 0 aliphatic carbocycles. The molecule has 1 amide bonds. The van der Waals surface area contributed by atoms with Crippen LogP contribution in [0.15, 0.2) is 61.1 Å². The standard InChI is InChI=1S/C21H21N5O/c1-14-13-15(2)25-12-9-18(20(25)23-14)21(27)24-16(3)17-7-4-5-8-19(17)26-11-6-10-22-26/h4-13,16H,1-3H3,(H,24,27). The second-order valence-electron chi connectivity index (χ2n) is 6.67. The first-order chi connectivity index (χ1) is 13.0. The van der Waals surface area contributed by atoms with Gasteiger partial charge in [0.25, 0.3) is 5.91 Å². The van der Waals surface area contributed by atoms with Crippen LogP contribution < -0.4 is 5.32 Å². The van der Waals surface area contributed by atoms with E-state index >= 15 is 0 Å². The first kappa shape index (κ1) is 17.0. The highest BCUT2D eigenvalue weighted by Gasteiger charge is 2.19. The Hall–Kier alpha value is -3.41. The van der Waals surface area contributed by atoms with Crippen molar-refractivity contribution >= 4 is 11.6 Å². The second kappa shape index (κ2) is 6.72. The van der Waals surface area contributed by atoms with Crippen LogP contribution in [0.4, 0.5) is 0 Å². The maximum atomic E-state index is 12.9. The van der Waals surface area contributed by atoms with Gasteiger partial charge in [-0.15, -0.1) is 0 Å². The van der Waals surface area contributed by atoms with Crippen molar-refractivity contribution in [3.05, 3.63) is 83.6 Å². The summed E-state index contributed by atoms with van der Waals surface area (Å²) in [6.07, 6.45) is 5.52. The molecule has 3 heterocycles. The zero-order valence-corrected chi connectivity index (χ0v) is 15.5. The van der Waals surface area contributed by atoms with Gasteiger partial charge in [-0.05, 0) is 50.6 Å². The van der Waals surface area contributed by atoms with Crippen molar-refractivity contribution in [3.63, 3.8) is 0 Å². The van der Waals surface area contributed by atoms with E-state index in [-0.39, 0.29) is 11.9 Å². The molecule has 1 N–H and O–H groups in total. The Morgan fingerprint density at radius 3 is 2.70 bits per heavy atom. The Balaban J connectivity index is 1.65. The Bertz CT molecular complexity index is 1110. The van der Waals surface area contributed by atoms with Crippen LogP contribution in [0.5, 0.6) is 0 Å². The molecule has 27 heavy (non-hydrogen) atoms. The number of fused-ring (bicyclic) bond motifs is 1. The molecule has 4 rings (SSSR count). The van der Waals surface area contributed by atoms with Crippen LogP contribution in [0.25, 0.3) is 11.3 Å². The largest absolute Gasteiger partial charge is 0.345 e. The average molecular weight is 359 g/mol. The third kappa shape index (κ3) is 3.10. The molecule has 6 heteroatoms. The molecule has 1 atom stereocenters. The van der Waals surface area contributed by atoms with Gasteiger partial charge in [0.15, 0.2) is 0 Å². The summed E-state index contributed by atoms with van der Waals surface area (Å²) in [5.41, 5.74) is 5.14. The van der Waals surface area contributed by atoms with Crippen LogP contribution >= 0.6 is 0 Å². The number of hydrogen-bond donors (Lipinski definition) is 1. The maximum Gasteiger partial charge on any atom is 0.255 e. The highest BCUT2D eigenvalue weighted by atomic mass is 16.1. The SMILES string of the molecule is Cc1cc(C)n2ccc(C(=O)NC(C)c3ccccc3-n3cccn3)c2n1. The fraction of sp³-hybridized carbons (Fsp3) is 0.190. The molecule has 1 unspecified atom stereocenters. The Morgan fingerprint density at radius 1 is 1.11 bits per heavy atom. The molecule has 4 aromatic rings. The summed E-state index contributed by atoms with van der Waals surface area (Å²) in [6, 6.07) is 13.4. The number of aromatic nitrogens is 4. The van der Waals surface area contributed by atoms with Gasteiger partial charge in [-0.1, -0.05) is 18.2 Å². The lowest BCUT2D eigenvalue weighted by Crippen LogP contribution is -2.27. The average Bonchev–Trinajstić information content (AvgIpc) is 3.31. The number of aryl methyl sites for hydroxylation is 2. The molecular formula is C21H21N5O. The van der Waals surface area contributed by atoms with E-state index in [1.165, 1.54) is 0 Å². The first-order valence-corrected chi connectivity index (χ1v) is 8.89. The van der Waals surface area contributed by atoms with E-state index in [9.17, 15) is 4.79 Å². The normalized spacial score (nSPS) is 12.3. The fourth-order valence-corrected chi connectivity index (χ4v) is 3.40. The lowest BCUT2D eigenvalue weighted by atomic mass is 10.1. The number of hydrogen-bond acceptors (Lipinski definition) is 3. The van der Waals surface area contributed by atoms with Gasteiger partial charge in [-0.3, -0.25) is 4.79 Å². The fourth-order valence-electron chi connectivity index (χ4n) is 3.40. The van der Waals surface area contributed by atoms with Crippen molar-refractivity contribution in [2.45, 2.75) is 26.8 Å². The predicted octanol–water partition coefficient (Wildman–Crippen LogP) is 3.63. The van der Waals surface area contributed by atoms with E-state index in [0.29, 0.717) is 11.2 Å². The third-order valence-electron chi connectivity index (χ3n) is 4.69. The molecule has 0 bridgehead atoms. The van der Waals surface area contributed by atoms with E-state index in [1.54, 1.807) is 10.9 Å². The molecule has 0 saturated heterocycles. The van der Waals surface area contributed by atoms with Crippen molar-refractivity contribution in [1.82, 2.24) is 24.5 Å². The number of rotatable bonds is 4. The number of amides is 1. The monoisotopic (exact) mass is 359 g/mol. The molecule has 0 spiro atoms. The molecule has 0 radical (unpaired) electrons. The van der Waals surface area contributed by atoms with Gasteiger partial charge < -0.3 is 9.72 Å². The minimum atomic E-state index is -0.182. The highest BCUT2D eigenvalue weighted by Crippen LogP contribution is 2.22. The van der Waals surface area contributed by atoms with E-state index in [2.05, 4.69) is 15.4 Å². The minimum Gasteiger partial charge on any atom is -0.345 e. The molecule has 0 fully saturated rings. The smallest absolute Gasteiger partial charge is 0.255 e. The number of carbonyl (C=O) groups excluding carboxylic acids is 1. The van der Waals surface area contributed by atoms with Crippen molar-refractivity contribution < 1.29 is 4.79 Å². The maximum absolute atomic E-state index is 12.9. The van der Waals surface area contributed by atoms with Crippen molar-refractivity contribution in [1.29, 1.82) is 0 Å². The Kier molecular flexibility index (Phi) is 4.24. The molecule has 3 aromatic heterocycles. The number of nitrogens with one attached hydrogen (secondary N) is 1. The number of nitrogens with zero attached hydrogens (tertiary/aromatic N) is 4. The van der Waals surface area contributed by atoms with E-state index in [4.69, 9.17) is 0 Å². The summed E-state index contributed by atoms with van der Waals surface area (Å²) in [5, 5.41) is 7.41. The Morgan fingerprint density at radius 2 is 1.93 bits per heavy atom. The van der Waals surface area contributed by atoms with Crippen LogP contribution in [0.1, 0.15) is 40.3 Å². The molecule has 0 aliphatic rings. The van der Waals surface area contributed by atoms with Gasteiger partial charge >= 0.3 is 0 Å². The quantitative estimate of drug-likeness (QED) is 0.605. The molecule has 0 saturated carbocycles. The zero-order chi connectivity index (χ0) is 19.0. The number of carbonyl (C=O) groups is 1. The summed E-state index contributed by atoms with van der Waals surface area (Å²) in [4.78, 5) is 17.5. The second-order valence-corrected chi connectivity index (χ2v) is 6.67. The van der Waals surface area contributed by atoms with Crippen LogP contribution in [0.2, 0.25) is 0 Å². The van der Waals surface area contributed by atoms with E-state index < -0.39 is 0 Å². The lowest BCUT2D eigenvalue weighted by molar-refractivity contribution is 0.0941. The number of para-hydroxylation sites is 1. The highest BCUT2D eigenvalue weighted by molar-refractivity contribution is 6.00. The Labute approximate surface area is 157 Å². The van der Waals surface area contributed by atoms with Crippen LogP contribution in [-0.2, 0) is 0 Å². The molecule has 6 nitrogen and oxygen atoms in total. The topological polar surface area (TPSA) is 64.2 Å². The molecule has 1 aromatic carbocycles. The van der Waals surface area contributed by atoms with Crippen LogP contribution in [0.3, 0.4) is 0 Å². The van der Waals surface area contributed by atoms with Crippen molar-refractivity contribution in [2.24, 2.45) is 0 Å². The zero-order valence-electron chi connectivity index (χ0n) is 15.5. The third-order valence-corrected chi connectivity index (χ3v) is 4.69. The summed E-state index contributed by atoms with van der Waals surface area (Å²) in [6.45, 7) is 5.92. The van der Waals surface area contributed by atoms with Gasteiger partial charge in [0.05, 0.1) is 17.3 Å². The summed E-state index contributed by atoms with van der Waals surface area (Å²) >= 11 is 0. The van der Waals surface area contributed by atoms with Crippen LogP contribution in [0, 0.1) is 13.8 Å². The summed E-state index contributed by atoms with van der Waals surface area (Å²) in [5.74, 6) is -0.141. The summed E-state index contributed by atoms with van der Waals surface area (Å²) < 4.78 is 3.74. The van der Waals surface area contributed by atoms with Gasteiger partial charge in [-0.25, -0.2) is 9.67 Å². The lowest BCUT2D eigenvalue weighted by Gasteiger charge is -2.18. The molecule has 0 aliphatic heterocycles. The van der Waals surface area contributed by atoms with Crippen molar-refractivity contribution in [3.8, 4) is 5.69 Å². The van der Waals surface area contributed by atoms with Gasteiger partial charge in [0.1, 0.15) is 5.65 Å². The van der Waals surface area contributed by atoms with Crippen molar-refractivity contribution in [2.75, 3.05) is 0 Å². The first-order valence-electron chi connectivity index (χ1n) is 8.89. The predicted molar refractivity (Wildman–Crippen MR) is 104 cm³/mol. The van der Waals surface area contributed by atoms with Crippen LogP contribution in [-0.4, -0.2) is 25.1 Å². The minimum absolute atomic E-state index is 0.141. The number of benzene rings is 1. The van der Waals surface area contributed by atoms with Gasteiger partial charge in [0, 0.05) is 30.0 Å². The van der Waals surface area contributed by atoms with Gasteiger partial charge in [0.2, 0.25) is 0 Å². The summed E-state index contributed by atoms with van der Waals surface area (Å²) in [7, 11) is 0. The molecular weight excluding hydrogens is 338 g/mol.